The van der Waals surface area contributed by atoms with Gasteiger partial charge in [-0.2, -0.15) is 5.21 Å². The fourth-order valence-corrected chi connectivity index (χ4v) is 0.969. The summed E-state index contributed by atoms with van der Waals surface area (Å²) in [6.45, 7) is 2.44. The number of aromatic amines is 1. The number of H-pyrrole nitrogens is 1. The van der Waals surface area contributed by atoms with Gasteiger partial charge in [-0.3, -0.25) is 4.79 Å². The second-order valence-corrected chi connectivity index (χ2v) is 2.72. The molecule has 1 aromatic rings. The lowest BCUT2D eigenvalue weighted by Gasteiger charge is -2.10. The van der Waals surface area contributed by atoms with Gasteiger partial charge in [0, 0.05) is 6.61 Å². The normalized spacial score (nSPS) is 12.7. The molecule has 0 aromatic carbocycles. The van der Waals surface area contributed by atoms with Gasteiger partial charge in [-0.15, -0.1) is 0 Å². The highest BCUT2D eigenvalue weighted by Gasteiger charge is 2.10. The van der Waals surface area contributed by atoms with Crippen LogP contribution in [0.3, 0.4) is 0 Å². The molecule has 1 atom stereocenters. The van der Waals surface area contributed by atoms with Gasteiger partial charge in [-0.05, 0) is 18.6 Å². The number of aromatic nitrogens is 4. The number of hydrogen-bond acceptors (Lipinski definition) is 5. The SMILES string of the molecule is CCCOC(C=O)n1[nH]nnc1=S. The van der Waals surface area contributed by atoms with Crippen LogP contribution in [0.15, 0.2) is 0 Å². The Morgan fingerprint density at radius 3 is 3.08 bits per heavy atom. The topological polar surface area (TPSA) is 72.8 Å². The number of nitrogens with one attached hydrogen (secondary N) is 1. The Morgan fingerprint density at radius 1 is 1.85 bits per heavy atom. The van der Waals surface area contributed by atoms with E-state index >= 15 is 0 Å². The molecule has 0 amide bonds. The second-order valence-electron chi connectivity index (χ2n) is 2.35. The Hall–Kier alpha value is -1.08. The van der Waals surface area contributed by atoms with Crippen molar-refractivity contribution in [1.29, 1.82) is 0 Å². The van der Waals surface area contributed by atoms with Crippen molar-refractivity contribution in [3.8, 4) is 0 Å². The number of carbonyl (C=O) groups is 1. The lowest BCUT2D eigenvalue weighted by atomic mass is 10.5. The third-order valence-electron chi connectivity index (χ3n) is 1.36. The number of carbonyl (C=O) groups excluding carboxylic acids is 1. The van der Waals surface area contributed by atoms with Crippen LogP contribution in [0.1, 0.15) is 19.6 Å². The average molecular weight is 202 g/mol. The summed E-state index contributed by atoms with van der Waals surface area (Å²) in [5.74, 6) is 0. The minimum absolute atomic E-state index is 0.202. The molecule has 1 aromatic heterocycles. The summed E-state index contributed by atoms with van der Waals surface area (Å²) in [7, 11) is 0. The monoisotopic (exact) mass is 202 g/mol. The average Bonchev–Trinajstić information content (AvgIpc) is 2.54. The van der Waals surface area contributed by atoms with E-state index in [0.29, 0.717) is 12.9 Å². The number of nitrogens with zero attached hydrogens (tertiary/aromatic N) is 3. The summed E-state index contributed by atoms with van der Waals surface area (Å²) >= 11 is 4.80. The molecule has 0 fully saturated rings. The molecule has 0 spiro atoms. The maximum Gasteiger partial charge on any atom is 0.240 e. The van der Waals surface area contributed by atoms with Crippen molar-refractivity contribution in [2.24, 2.45) is 0 Å². The first-order valence-electron chi connectivity index (χ1n) is 3.86. The fourth-order valence-electron chi connectivity index (χ4n) is 0.783. The third kappa shape index (κ3) is 2.43. The zero-order valence-electron chi connectivity index (χ0n) is 7.14. The van der Waals surface area contributed by atoms with E-state index in [2.05, 4.69) is 15.5 Å². The Kier molecular flexibility index (Phi) is 3.71. The molecular formula is C6H10N4O2S. The van der Waals surface area contributed by atoms with Gasteiger partial charge in [-0.25, -0.2) is 4.68 Å². The first-order valence-corrected chi connectivity index (χ1v) is 4.27. The minimum Gasteiger partial charge on any atom is -0.350 e. The molecule has 1 unspecified atom stereocenters. The number of aldehydes is 1. The highest BCUT2D eigenvalue weighted by molar-refractivity contribution is 7.71. The lowest BCUT2D eigenvalue weighted by Crippen LogP contribution is -2.16. The first-order chi connectivity index (χ1) is 6.29. The number of hydrogen-bond donors (Lipinski definition) is 1. The van der Waals surface area contributed by atoms with Gasteiger partial charge in [0.2, 0.25) is 11.0 Å². The maximum absolute atomic E-state index is 10.6. The Morgan fingerprint density at radius 2 is 2.62 bits per heavy atom. The third-order valence-corrected chi connectivity index (χ3v) is 1.64. The number of ether oxygens (including phenoxy) is 1. The molecule has 0 saturated heterocycles. The van der Waals surface area contributed by atoms with Crippen LogP contribution in [0.4, 0.5) is 0 Å². The van der Waals surface area contributed by atoms with E-state index in [0.717, 1.165) is 6.42 Å². The molecule has 13 heavy (non-hydrogen) atoms. The van der Waals surface area contributed by atoms with Crippen molar-refractivity contribution in [3.05, 3.63) is 4.77 Å². The highest BCUT2D eigenvalue weighted by atomic mass is 32.1. The van der Waals surface area contributed by atoms with E-state index in [-0.39, 0.29) is 4.77 Å². The summed E-state index contributed by atoms with van der Waals surface area (Å²) in [4.78, 5) is 10.6. The molecule has 1 heterocycles. The molecule has 0 aliphatic rings. The molecule has 7 heteroatoms. The number of tetrazole rings is 1. The summed E-state index contributed by atoms with van der Waals surface area (Å²) < 4.78 is 6.67. The second kappa shape index (κ2) is 4.83. The molecule has 0 aliphatic carbocycles. The van der Waals surface area contributed by atoms with Crippen molar-refractivity contribution in [3.63, 3.8) is 0 Å². The molecule has 0 aliphatic heterocycles. The van der Waals surface area contributed by atoms with Crippen molar-refractivity contribution in [2.75, 3.05) is 6.61 Å². The van der Waals surface area contributed by atoms with Gasteiger partial charge < -0.3 is 4.74 Å². The Bertz CT molecular complexity index is 320. The molecule has 72 valence electrons. The van der Waals surface area contributed by atoms with E-state index in [4.69, 9.17) is 17.0 Å². The van der Waals surface area contributed by atoms with Crippen molar-refractivity contribution >= 4 is 18.5 Å². The largest absolute Gasteiger partial charge is 0.350 e. The van der Waals surface area contributed by atoms with E-state index in [1.807, 2.05) is 6.92 Å². The van der Waals surface area contributed by atoms with Gasteiger partial charge in [0.15, 0.2) is 6.29 Å². The molecule has 1 N–H and O–H groups in total. The zero-order valence-corrected chi connectivity index (χ0v) is 7.95. The van der Waals surface area contributed by atoms with Gasteiger partial charge in [-0.1, -0.05) is 17.2 Å². The molecule has 0 saturated carbocycles. The quantitative estimate of drug-likeness (QED) is 0.554. The van der Waals surface area contributed by atoms with Crippen LogP contribution in [0.5, 0.6) is 0 Å². The van der Waals surface area contributed by atoms with Crippen LogP contribution < -0.4 is 0 Å². The van der Waals surface area contributed by atoms with Crippen LogP contribution in [-0.4, -0.2) is 33.1 Å². The van der Waals surface area contributed by atoms with Crippen LogP contribution >= 0.6 is 12.2 Å². The summed E-state index contributed by atoms with van der Waals surface area (Å²) in [6, 6.07) is 0. The van der Waals surface area contributed by atoms with Crippen LogP contribution in [-0.2, 0) is 9.53 Å². The van der Waals surface area contributed by atoms with Crippen molar-refractivity contribution in [2.45, 2.75) is 19.6 Å². The van der Waals surface area contributed by atoms with E-state index in [9.17, 15) is 4.79 Å². The van der Waals surface area contributed by atoms with Gasteiger partial charge in [0.25, 0.3) is 0 Å². The predicted octanol–water partition coefficient (Wildman–Crippen LogP) is 0.460. The molecule has 6 nitrogen and oxygen atoms in total. The van der Waals surface area contributed by atoms with Crippen molar-refractivity contribution in [1.82, 2.24) is 20.2 Å². The Labute approximate surface area is 79.9 Å². The fraction of sp³-hybridized carbons (Fsp3) is 0.667. The van der Waals surface area contributed by atoms with Gasteiger partial charge in [0.1, 0.15) is 0 Å². The molecule has 1 rings (SSSR count). The van der Waals surface area contributed by atoms with Gasteiger partial charge in [0.05, 0.1) is 0 Å². The lowest BCUT2D eigenvalue weighted by molar-refractivity contribution is -0.124. The predicted molar refractivity (Wildman–Crippen MR) is 46.6 cm³/mol. The molecule has 0 bridgehead atoms. The smallest absolute Gasteiger partial charge is 0.240 e. The standard InChI is InChI=1S/C6H10N4O2S/c1-2-3-12-5(4-11)10-6(13)7-8-9-10/h4-5H,2-3H2,1H3,(H,7,9,13). The van der Waals surface area contributed by atoms with Crippen LogP contribution in [0.2, 0.25) is 0 Å². The number of rotatable bonds is 5. The molecule has 0 radical (unpaired) electrons. The van der Waals surface area contributed by atoms with Crippen LogP contribution in [0, 0.1) is 4.77 Å². The van der Waals surface area contributed by atoms with Gasteiger partial charge >= 0.3 is 0 Å². The summed E-state index contributed by atoms with van der Waals surface area (Å²) in [5.41, 5.74) is 0. The maximum atomic E-state index is 10.6. The minimum atomic E-state index is -0.748. The van der Waals surface area contributed by atoms with E-state index < -0.39 is 6.23 Å². The van der Waals surface area contributed by atoms with E-state index in [1.54, 1.807) is 0 Å². The van der Waals surface area contributed by atoms with Crippen molar-refractivity contribution < 1.29 is 9.53 Å². The Balaban J connectivity index is 2.72. The van der Waals surface area contributed by atoms with Crippen LogP contribution in [0.25, 0.3) is 0 Å². The summed E-state index contributed by atoms with van der Waals surface area (Å²) in [5, 5.41) is 9.43. The zero-order chi connectivity index (χ0) is 9.68. The van der Waals surface area contributed by atoms with E-state index in [1.165, 1.54) is 4.68 Å². The molecular weight excluding hydrogens is 192 g/mol. The summed E-state index contributed by atoms with van der Waals surface area (Å²) in [6.07, 6.45) is 0.729. The highest BCUT2D eigenvalue weighted by Crippen LogP contribution is 2.03. The first kappa shape index (κ1) is 10.0.